The monoisotopic (exact) mass is 378 g/mol. The van der Waals surface area contributed by atoms with Gasteiger partial charge in [0.2, 0.25) is 0 Å². The fourth-order valence-corrected chi connectivity index (χ4v) is 3.65. The maximum Gasteiger partial charge on any atom is 0.273 e. The molecule has 28 heavy (non-hydrogen) atoms. The maximum absolute atomic E-state index is 12.6. The lowest BCUT2D eigenvalue weighted by atomic mass is 10.1. The molecule has 0 radical (unpaired) electrons. The number of nitrogens with one attached hydrogen (secondary N) is 1. The van der Waals surface area contributed by atoms with Crippen LogP contribution < -0.4 is 10.1 Å². The van der Waals surface area contributed by atoms with Crippen LogP contribution in [-0.2, 0) is 13.0 Å². The molecule has 144 valence electrons. The second-order valence-electron chi connectivity index (χ2n) is 6.85. The van der Waals surface area contributed by atoms with Gasteiger partial charge in [0.05, 0.1) is 25.9 Å². The molecule has 7 nitrogen and oxygen atoms in total. The Morgan fingerprint density at radius 2 is 2.07 bits per heavy atom. The first-order valence-electron chi connectivity index (χ1n) is 9.25. The normalized spacial score (nSPS) is 16.4. The molecule has 0 aliphatic heterocycles. The summed E-state index contributed by atoms with van der Waals surface area (Å²) in [5.74, 6) is 0.340. The van der Waals surface area contributed by atoms with E-state index in [9.17, 15) is 9.90 Å². The van der Waals surface area contributed by atoms with Crippen LogP contribution in [0.4, 0.5) is 0 Å². The molecule has 4 rings (SSSR count). The van der Waals surface area contributed by atoms with Crippen LogP contribution >= 0.6 is 0 Å². The van der Waals surface area contributed by atoms with Crippen LogP contribution in [0.15, 0.2) is 54.7 Å². The third-order valence-corrected chi connectivity index (χ3v) is 5.07. The number of aliphatic hydroxyl groups excluding tert-OH is 1. The standard InChI is InChI=1S/C21H22N4O3/c1-28-20-9-5-4-8-16(20)19(26)13-25-12-18(23-24-25)21(27)22-17-11-10-14-6-2-3-7-15(14)17/h2-9,12,17,19,26H,10-11,13H2,1H3,(H,22,27)/t17-,19+/m1/s1. The van der Waals surface area contributed by atoms with E-state index in [1.165, 1.54) is 10.2 Å². The summed E-state index contributed by atoms with van der Waals surface area (Å²) in [6.07, 6.45) is 2.56. The van der Waals surface area contributed by atoms with Crippen LogP contribution in [0.5, 0.6) is 5.75 Å². The van der Waals surface area contributed by atoms with Gasteiger partial charge >= 0.3 is 0 Å². The zero-order chi connectivity index (χ0) is 19.5. The highest BCUT2D eigenvalue weighted by molar-refractivity contribution is 5.92. The van der Waals surface area contributed by atoms with E-state index in [-0.39, 0.29) is 24.2 Å². The van der Waals surface area contributed by atoms with E-state index in [1.807, 2.05) is 30.3 Å². The quantitative estimate of drug-likeness (QED) is 0.688. The van der Waals surface area contributed by atoms with E-state index in [2.05, 4.69) is 21.7 Å². The van der Waals surface area contributed by atoms with Gasteiger partial charge in [-0.25, -0.2) is 4.68 Å². The van der Waals surface area contributed by atoms with Gasteiger partial charge in [-0.05, 0) is 30.0 Å². The number of carbonyl (C=O) groups excluding carboxylic acids is 1. The number of fused-ring (bicyclic) bond motifs is 1. The fourth-order valence-electron chi connectivity index (χ4n) is 3.65. The molecule has 0 unspecified atom stereocenters. The molecule has 1 heterocycles. The second-order valence-corrected chi connectivity index (χ2v) is 6.85. The summed E-state index contributed by atoms with van der Waals surface area (Å²) >= 11 is 0. The molecule has 7 heteroatoms. The number of aliphatic hydroxyl groups is 1. The van der Waals surface area contributed by atoms with Crippen molar-refractivity contribution >= 4 is 5.91 Å². The molecule has 3 aromatic rings. The van der Waals surface area contributed by atoms with Crippen LogP contribution in [0.25, 0.3) is 0 Å². The molecule has 0 bridgehead atoms. The van der Waals surface area contributed by atoms with Crippen LogP contribution in [0.1, 0.15) is 45.7 Å². The zero-order valence-corrected chi connectivity index (χ0v) is 15.6. The highest BCUT2D eigenvalue weighted by Crippen LogP contribution is 2.31. The predicted octanol–water partition coefficient (Wildman–Crippen LogP) is 2.44. The van der Waals surface area contributed by atoms with E-state index < -0.39 is 6.10 Å². The highest BCUT2D eigenvalue weighted by atomic mass is 16.5. The Hall–Kier alpha value is -3.19. The SMILES string of the molecule is COc1ccccc1[C@@H](O)Cn1cc(C(=O)N[C@@H]2CCc3ccccc32)nn1. The van der Waals surface area contributed by atoms with Gasteiger partial charge < -0.3 is 15.2 Å². The van der Waals surface area contributed by atoms with Gasteiger partial charge in [0.15, 0.2) is 5.69 Å². The number of nitrogens with zero attached hydrogens (tertiary/aromatic N) is 3. The number of para-hydroxylation sites is 1. The Morgan fingerprint density at radius 1 is 1.29 bits per heavy atom. The summed E-state index contributed by atoms with van der Waals surface area (Å²) < 4.78 is 6.75. The van der Waals surface area contributed by atoms with Crippen molar-refractivity contribution in [1.29, 1.82) is 0 Å². The molecule has 2 atom stereocenters. The van der Waals surface area contributed by atoms with Gasteiger partial charge in [0.1, 0.15) is 11.9 Å². The first kappa shape index (κ1) is 18.2. The molecular weight excluding hydrogens is 356 g/mol. The van der Waals surface area contributed by atoms with Crippen molar-refractivity contribution in [3.05, 3.63) is 77.1 Å². The number of aryl methyl sites for hydroxylation is 1. The molecule has 2 N–H and O–H groups in total. The average molecular weight is 378 g/mol. The molecule has 1 amide bonds. The summed E-state index contributed by atoms with van der Waals surface area (Å²) in [7, 11) is 1.56. The molecule has 2 aromatic carbocycles. The van der Waals surface area contributed by atoms with Crippen molar-refractivity contribution < 1.29 is 14.6 Å². The minimum absolute atomic E-state index is 0.00646. The third kappa shape index (κ3) is 3.61. The van der Waals surface area contributed by atoms with Crippen molar-refractivity contribution in [2.75, 3.05) is 7.11 Å². The summed E-state index contributed by atoms with van der Waals surface area (Å²) in [4.78, 5) is 12.6. The largest absolute Gasteiger partial charge is 0.496 e. The highest BCUT2D eigenvalue weighted by Gasteiger charge is 2.25. The number of hydrogen-bond donors (Lipinski definition) is 2. The number of aromatic nitrogens is 3. The molecule has 1 aromatic heterocycles. The average Bonchev–Trinajstić information content (AvgIpc) is 3.35. The lowest BCUT2D eigenvalue weighted by Gasteiger charge is -2.14. The number of ether oxygens (including phenoxy) is 1. The Kier molecular flexibility index (Phi) is 5.08. The summed E-state index contributed by atoms with van der Waals surface area (Å²) in [5, 5.41) is 21.5. The number of hydrogen-bond acceptors (Lipinski definition) is 5. The third-order valence-electron chi connectivity index (χ3n) is 5.07. The van der Waals surface area contributed by atoms with Crippen molar-refractivity contribution in [3.8, 4) is 5.75 Å². The maximum atomic E-state index is 12.6. The number of amides is 1. The first-order chi connectivity index (χ1) is 13.7. The first-order valence-corrected chi connectivity index (χ1v) is 9.25. The van der Waals surface area contributed by atoms with Crippen molar-refractivity contribution in [3.63, 3.8) is 0 Å². The Morgan fingerprint density at radius 3 is 2.93 bits per heavy atom. The number of benzene rings is 2. The van der Waals surface area contributed by atoms with E-state index in [0.717, 1.165) is 18.4 Å². The number of methoxy groups -OCH3 is 1. The number of carbonyl (C=O) groups is 1. The molecule has 0 fully saturated rings. The lowest BCUT2D eigenvalue weighted by Crippen LogP contribution is -2.27. The van der Waals surface area contributed by atoms with Crippen LogP contribution in [0.3, 0.4) is 0 Å². The summed E-state index contributed by atoms with van der Waals surface area (Å²) in [5.41, 5.74) is 3.33. The van der Waals surface area contributed by atoms with Crippen LogP contribution in [0.2, 0.25) is 0 Å². The van der Waals surface area contributed by atoms with Gasteiger partial charge in [-0.1, -0.05) is 47.7 Å². The van der Waals surface area contributed by atoms with Crippen molar-refractivity contribution in [2.24, 2.45) is 0 Å². The lowest BCUT2D eigenvalue weighted by molar-refractivity contribution is 0.0931. The van der Waals surface area contributed by atoms with E-state index in [4.69, 9.17) is 4.74 Å². The van der Waals surface area contributed by atoms with E-state index in [0.29, 0.717) is 11.3 Å². The summed E-state index contributed by atoms with van der Waals surface area (Å²) in [6, 6.07) is 15.4. The fraction of sp³-hybridized carbons (Fsp3) is 0.286. The van der Waals surface area contributed by atoms with Crippen molar-refractivity contribution in [1.82, 2.24) is 20.3 Å². The van der Waals surface area contributed by atoms with Gasteiger partial charge in [-0.15, -0.1) is 5.10 Å². The minimum atomic E-state index is -0.824. The molecular formula is C21H22N4O3. The van der Waals surface area contributed by atoms with Crippen LogP contribution in [-0.4, -0.2) is 33.1 Å². The zero-order valence-electron chi connectivity index (χ0n) is 15.6. The predicted molar refractivity (Wildman–Crippen MR) is 103 cm³/mol. The topological polar surface area (TPSA) is 89.3 Å². The van der Waals surface area contributed by atoms with Crippen molar-refractivity contribution in [2.45, 2.75) is 31.5 Å². The second kappa shape index (κ2) is 7.82. The van der Waals surface area contributed by atoms with Gasteiger partial charge in [0.25, 0.3) is 5.91 Å². The summed E-state index contributed by atoms with van der Waals surface area (Å²) in [6.45, 7) is 0.174. The Labute approximate surface area is 163 Å². The minimum Gasteiger partial charge on any atom is -0.496 e. The Balaban J connectivity index is 1.42. The molecule has 0 spiro atoms. The molecule has 1 aliphatic carbocycles. The van der Waals surface area contributed by atoms with Crippen LogP contribution in [0, 0.1) is 0 Å². The number of rotatable bonds is 6. The smallest absolute Gasteiger partial charge is 0.273 e. The van der Waals surface area contributed by atoms with Gasteiger partial charge in [0, 0.05) is 5.56 Å². The van der Waals surface area contributed by atoms with Gasteiger partial charge in [-0.3, -0.25) is 4.79 Å². The van der Waals surface area contributed by atoms with Gasteiger partial charge in [-0.2, -0.15) is 0 Å². The van der Waals surface area contributed by atoms with E-state index >= 15 is 0 Å². The van der Waals surface area contributed by atoms with E-state index in [1.54, 1.807) is 25.4 Å². The molecule has 1 aliphatic rings. The Bertz CT molecular complexity index is 985. The molecule has 0 saturated carbocycles. The molecule has 0 saturated heterocycles.